The Morgan fingerprint density at radius 1 is 1.00 bits per heavy atom. The molecule has 11 heteroatoms. The molecule has 0 saturated carbocycles. The number of carbonyl (C=O) groups excluding carboxylic acids is 1. The maximum Gasteiger partial charge on any atom is 0.421 e. The fraction of sp³-hybridized carbons (Fsp3) is 0.455. The molecule has 3 rings (SSSR count). The maximum atomic E-state index is 13.4. The minimum Gasteiger partial charge on any atom is -0.508 e. The zero-order chi connectivity index (χ0) is 24.3. The molecule has 0 aliphatic heterocycles. The van der Waals surface area contributed by atoms with Gasteiger partial charge in [-0.3, -0.25) is 13.9 Å². The number of benzene rings is 1. The molecule has 2 aromatic heterocycles. The lowest BCUT2D eigenvalue weighted by Gasteiger charge is -2.20. The zero-order valence-corrected chi connectivity index (χ0v) is 19.3. The van der Waals surface area contributed by atoms with E-state index < -0.39 is 22.9 Å². The van der Waals surface area contributed by atoms with Crippen LogP contribution < -0.4 is 11.2 Å². The molecule has 3 aromatic rings. The Morgan fingerprint density at radius 3 is 2.12 bits per heavy atom. The summed E-state index contributed by atoms with van der Waals surface area (Å²) in [5.74, 6) is 0.129. The van der Waals surface area contributed by atoms with E-state index in [1.54, 1.807) is 32.9 Å². The van der Waals surface area contributed by atoms with E-state index in [1.807, 2.05) is 0 Å². The molecule has 11 nitrogen and oxygen atoms in total. The van der Waals surface area contributed by atoms with Crippen molar-refractivity contribution in [2.45, 2.75) is 39.5 Å². The Morgan fingerprint density at radius 2 is 1.58 bits per heavy atom. The molecule has 0 radical (unpaired) electrons. The second-order valence-electron chi connectivity index (χ2n) is 8.35. The summed E-state index contributed by atoms with van der Waals surface area (Å²) >= 11 is 0. The van der Waals surface area contributed by atoms with Gasteiger partial charge in [0.1, 0.15) is 11.4 Å². The minimum absolute atomic E-state index is 0.00880. The highest BCUT2D eigenvalue weighted by atomic mass is 16.6. The second kappa shape index (κ2) is 9.59. The molecule has 0 unspecified atom stereocenters. The van der Waals surface area contributed by atoms with Gasteiger partial charge in [-0.2, -0.15) is 0 Å². The predicted octanol–water partition coefficient (Wildman–Crippen LogP) is 1.81. The van der Waals surface area contributed by atoms with Crippen molar-refractivity contribution in [3.05, 3.63) is 45.1 Å². The van der Waals surface area contributed by atoms with E-state index in [-0.39, 0.29) is 49.0 Å². The van der Waals surface area contributed by atoms with E-state index >= 15 is 0 Å². The summed E-state index contributed by atoms with van der Waals surface area (Å²) < 4.78 is 19.1. The summed E-state index contributed by atoms with van der Waals surface area (Å²) in [4.78, 5) is 44.3. The zero-order valence-electron chi connectivity index (χ0n) is 19.3. The van der Waals surface area contributed by atoms with Crippen LogP contribution in [0.4, 0.5) is 4.79 Å². The van der Waals surface area contributed by atoms with Gasteiger partial charge in [0.25, 0.3) is 5.56 Å². The Balaban J connectivity index is 2.42. The van der Waals surface area contributed by atoms with Crippen molar-refractivity contribution in [1.29, 1.82) is 0 Å². The number of rotatable bonds is 7. The van der Waals surface area contributed by atoms with E-state index in [2.05, 4.69) is 4.98 Å². The third-order valence-electron chi connectivity index (χ3n) is 4.76. The van der Waals surface area contributed by atoms with Gasteiger partial charge in [0.15, 0.2) is 17.0 Å². The summed E-state index contributed by atoms with van der Waals surface area (Å²) in [7, 11) is 2.95. The van der Waals surface area contributed by atoms with Crippen LogP contribution in [0.25, 0.3) is 22.6 Å². The summed E-state index contributed by atoms with van der Waals surface area (Å²) in [5, 5.41) is 9.67. The Kier molecular flexibility index (Phi) is 7.04. The van der Waals surface area contributed by atoms with E-state index in [0.29, 0.717) is 5.56 Å². The molecule has 2 heterocycles. The van der Waals surface area contributed by atoms with Crippen molar-refractivity contribution in [3.8, 4) is 17.1 Å². The first-order valence-electron chi connectivity index (χ1n) is 10.4. The van der Waals surface area contributed by atoms with Crippen molar-refractivity contribution in [1.82, 2.24) is 18.7 Å². The van der Waals surface area contributed by atoms with E-state index in [9.17, 15) is 19.5 Å². The van der Waals surface area contributed by atoms with Crippen molar-refractivity contribution in [3.63, 3.8) is 0 Å². The Hall–Kier alpha value is -3.44. The Labute approximate surface area is 189 Å². The SMILES string of the molecule is COCCn1c(=O)c2c(nc(-c3ccc(O)cc3)n2C(=O)OC(C)(C)C)n(CCOC)c1=O. The Bertz CT molecular complexity index is 1260. The van der Waals surface area contributed by atoms with E-state index in [4.69, 9.17) is 14.2 Å². The number of phenolic OH excluding ortho intramolecular Hbond substituents is 1. The molecule has 0 saturated heterocycles. The number of nitrogens with zero attached hydrogens (tertiary/aromatic N) is 4. The summed E-state index contributed by atoms with van der Waals surface area (Å²) in [6.07, 6.45) is -0.819. The first kappa shape index (κ1) is 24.2. The molecule has 1 aromatic carbocycles. The average molecular weight is 460 g/mol. The van der Waals surface area contributed by atoms with Gasteiger partial charge in [0, 0.05) is 19.8 Å². The van der Waals surface area contributed by atoms with Gasteiger partial charge < -0.3 is 19.3 Å². The number of hydrogen-bond donors (Lipinski definition) is 1. The minimum atomic E-state index is -0.848. The number of phenols is 1. The molecular formula is C22H28N4O7. The van der Waals surface area contributed by atoms with Crippen LogP contribution in [-0.2, 0) is 27.3 Å². The number of methoxy groups -OCH3 is 2. The first-order chi connectivity index (χ1) is 15.6. The fourth-order valence-electron chi connectivity index (χ4n) is 3.29. The van der Waals surface area contributed by atoms with Crippen LogP contribution in [-0.4, -0.2) is 62.9 Å². The largest absolute Gasteiger partial charge is 0.508 e. The standard InChI is InChI=1S/C22H28N4O7/c1-22(2,3)33-21(30)26-16-18(23-17(26)14-6-8-15(27)9-7-14)24(10-12-31-4)20(29)25(19(16)28)11-13-32-5/h6-9,27H,10-13H2,1-5H3. The third-order valence-corrected chi connectivity index (χ3v) is 4.76. The van der Waals surface area contributed by atoms with Crippen molar-refractivity contribution in [2.24, 2.45) is 0 Å². The number of hydrogen-bond acceptors (Lipinski definition) is 8. The van der Waals surface area contributed by atoms with Crippen LogP contribution in [0.15, 0.2) is 33.9 Å². The molecule has 33 heavy (non-hydrogen) atoms. The number of aromatic hydroxyl groups is 1. The second-order valence-corrected chi connectivity index (χ2v) is 8.35. The van der Waals surface area contributed by atoms with E-state index in [1.165, 1.54) is 30.9 Å². The lowest BCUT2D eigenvalue weighted by molar-refractivity contribution is 0.0546. The maximum absolute atomic E-state index is 13.4. The van der Waals surface area contributed by atoms with Gasteiger partial charge in [0.2, 0.25) is 0 Å². The lowest BCUT2D eigenvalue weighted by atomic mass is 10.2. The molecule has 0 aliphatic carbocycles. The van der Waals surface area contributed by atoms with Gasteiger partial charge in [-0.1, -0.05) is 0 Å². The molecule has 0 aliphatic rings. The molecule has 1 N–H and O–H groups in total. The van der Waals surface area contributed by atoms with Crippen LogP contribution in [0.1, 0.15) is 20.8 Å². The summed E-state index contributed by atoms with van der Waals surface area (Å²) in [6, 6.07) is 5.98. The van der Waals surface area contributed by atoms with Gasteiger partial charge in [-0.25, -0.2) is 19.1 Å². The number of ether oxygens (including phenoxy) is 3. The van der Waals surface area contributed by atoms with Gasteiger partial charge >= 0.3 is 11.8 Å². The molecule has 0 bridgehead atoms. The monoisotopic (exact) mass is 460 g/mol. The number of imidazole rings is 1. The fourth-order valence-corrected chi connectivity index (χ4v) is 3.29. The van der Waals surface area contributed by atoms with Crippen molar-refractivity contribution in [2.75, 3.05) is 27.4 Å². The van der Waals surface area contributed by atoms with Crippen LogP contribution >= 0.6 is 0 Å². The summed E-state index contributed by atoms with van der Waals surface area (Å²) in [6.45, 7) is 5.52. The van der Waals surface area contributed by atoms with Gasteiger partial charge in [-0.15, -0.1) is 0 Å². The number of carbonyl (C=O) groups is 1. The van der Waals surface area contributed by atoms with Crippen LogP contribution in [0.3, 0.4) is 0 Å². The molecule has 178 valence electrons. The van der Waals surface area contributed by atoms with Crippen LogP contribution in [0.2, 0.25) is 0 Å². The first-order valence-corrected chi connectivity index (χ1v) is 10.4. The van der Waals surface area contributed by atoms with Gasteiger partial charge in [-0.05, 0) is 45.0 Å². The molecule has 0 fully saturated rings. The lowest BCUT2D eigenvalue weighted by Crippen LogP contribution is -2.42. The van der Waals surface area contributed by atoms with Crippen molar-refractivity contribution < 1.29 is 24.1 Å². The highest BCUT2D eigenvalue weighted by Gasteiger charge is 2.28. The van der Waals surface area contributed by atoms with Crippen molar-refractivity contribution >= 4 is 17.3 Å². The quantitative estimate of drug-likeness (QED) is 0.566. The molecular weight excluding hydrogens is 432 g/mol. The molecule has 0 amide bonds. The number of fused-ring (bicyclic) bond motifs is 1. The molecule has 0 atom stereocenters. The van der Waals surface area contributed by atoms with E-state index in [0.717, 1.165) is 9.13 Å². The predicted molar refractivity (Wildman–Crippen MR) is 121 cm³/mol. The smallest absolute Gasteiger partial charge is 0.421 e. The normalized spacial score (nSPS) is 11.8. The topological polar surface area (TPSA) is 127 Å². The molecule has 0 spiro atoms. The van der Waals surface area contributed by atoms with Crippen LogP contribution in [0.5, 0.6) is 5.75 Å². The number of aromatic nitrogens is 4. The summed E-state index contributed by atoms with van der Waals surface area (Å²) in [5.41, 5.74) is -1.75. The third kappa shape index (κ3) is 4.99. The highest BCUT2D eigenvalue weighted by molar-refractivity contribution is 5.90. The van der Waals surface area contributed by atoms with Gasteiger partial charge in [0.05, 0.1) is 26.3 Å². The van der Waals surface area contributed by atoms with Crippen LogP contribution in [0, 0.1) is 0 Å². The highest BCUT2D eigenvalue weighted by Crippen LogP contribution is 2.26. The average Bonchev–Trinajstić information content (AvgIpc) is 3.14.